The molecule has 21 heavy (non-hydrogen) atoms. The highest BCUT2D eigenvalue weighted by atomic mass is 35.5. The second-order valence-electron chi connectivity index (χ2n) is 6.39. The summed E-state index contributed by atoms with van der Waals surface area (Å²) in [6.07, 6.45) is 0. The van der Waals surface area contributed by atoms with E-state index in [4.69, 9.17) is 22.1 Å². The summed E-state index contributed by atoms with van der Waals surface area (Å²) in [5.74, 6) is 1.91. The number of ether oxygens (including phenoxy) is 1. The molecule has 1 atom stereocenters. The molecule has 0 aliphatic heterocycles. The van der Waals surface area contributed by atoms with Crippen molar-refractivity contribution in [2.24, 2.45) is 17.6 Å². The Kier molecular flexibility index (Phi) is 7.50. The fourth-order valence-electron chi connectivity index (χ4n) is 2.65. The number of nitrogens with two attached hydrogens (primary N) is 1. The number of hydrogen-bond acceptors (Lipinski definition) is 3. The van der Waals surface area contributed by atoms with Gasteiger partial charge in [0.05, 0.1) is 12.1 Å². The van der Waals surface area contributed by atoms with E-state index >= 15 is 0 Å². The van der Waals surface area contributed by atoms with E-state index in [0.29, 0.717) is 29.2 Å². The van der Waals surface area contributed by atoms with Crippen molar-refractivity contribution in [2.45, 2.75) is 33.7 Å². The number of rotatable bonds is 8. The zero-order valence-electron chi connectivity index (χ0n) is 13.9. The molecule has 4 heteroatoms. The zero-order chi connectivity index (χ0) is 16.0. The molecule has 120 valence electrons. The summed E-state index contributed by atoms with van der Waals surface area (Å²) in [4.78, 5) is 2.47. The molecule has 1 rings (SSSR count). The van der Waals surface area contributed by atoms with Crippen LogP contribution in [0.3, 0.4) is 0 Å². The monoisotopic (exact) mass is 312 g/mol. The Hall–Kier alpha value is -0.770. The third-order valence-electron chi connectivity index (χ3n) is 3.42. The van der Waals surface area contributed by atoms with Gasteiger partial charge >= 0.3 is 0 Å². The third-order valence-corrected chi connectivity index (χ3v) is 3.72. The van der Waals surface area contributed by atoms with Crippen molar-refractivity contribution in [3.63, 3.8) is 0 Å². The number of nitrogens with zero attached hydrogens (tertiary/aromatic N) is 1. The summed E-state index contributed by atoms with van der Waals surface area (Å²) in [5.41, 5.74) is 7.22. The van der Waals surface area contributed by atoms with E-state index in [-0.39, 0.29) is 6.04 Å². The normalized spacial score (nSPS) is 13.2. The van der Waals surface area contributed by atoms with Crippen LogP contribution in [0.1, 0.15) is 39.3 Å². The second-order valence-corrected chi connectivity index (χ2v) is 6.79. The number of methoxy groups -OCH3 is 1. The highest BCUT2D eigenvalue weighted by molar-refractivity contribution is 6.32. The third kappa shape index (κ3) is 5.50. The van der Waals surface area contributed by atoms with Gasteiger partial charge in [-0.1, -0.05) is 45.4 Å². The molecule has 0 heterocycles. The molecule has 0 bridgehead atoms. The van der Waals surface area contributed by atoms with E-state index in [1.54, 1.807) is 7.11 Å². The standard InChI is InChI=1S/C17H29ClN2O/c1-12(2)10-20(11-13(3)4)16(9-19)14-6-7-17(21-5)15(18)8-14/h6-8,12-13,16H,9-11,19H2,1-5H3. The Morgan fingerprint density at radius 1 is 1.14 bits per heavy atom. The lowest BCUT2D eigenvalue weighted by Crippen LogP contribution is -2.38. The molecule has 2 N–H and O–H groups in total. The van der Waals surface area contributed by atoms with Crippen molar-refractivity contribution in [1.29, 1.82) is 0 Å². The SMILES string of the molecule is COc1ccc(C(CN)N(CC(C)C)CC(C)C)cc1Cl. The summed E-state index contributed by atoms with van der Waals surface area (Å²) >= 11 is 6.26. The van der Waals surface area contributed by atoms with Crippen LogP contribution in [0.15, 0.2) is 18.2 Å². The topological polar surface area (TPSA) is 38.5 Å². The maximum atomic E-state index is 6.26. The highest BCUT2D eigenvalue weighted by Gasteiger charge is 2.21. The molecule has 1 aromatic rings. The molecule has 0 aromatic heterocycles. The molecule has 0 amide bonds. The molecule has 1 aromatic carbocycles. The van der Waals surface area contributed by atoms with Crippen molar-refractivity contribution in [1.82, 2.24) is 4.90 Å². The van der Waals surface area contributed by atoms with E-state index in [0.717, 1.165) is 18.7 Å². The molecule has 0 saturated carbocycles. The van der Waals surface area contributed by atoms with E-state index in [1.165, 1.54) is 0 Å². The largest absolute Gasteiger partial charge is 0.495 e. The molecule has 3 nitrogen and oxygen atoms in total. The minimum absolute atomic E-state index is 0.193. The number of hydrogen-bond donors (Lipinski definition) is 1. The molecular formula is C17H29ClN2O. The van der Waals surface area contributed by atoms with Gasteiger partial charge in [-0.3, -0.25) is 4.90 Å². The van der Waals surface area contributed by atoms with Crippen LogP contribution in [0.25, 0.3) is 0 Å². The van der Waals surface area contributed by atoms with Crippen LogP contribution in [0.5, 0.6) is 5.75 Å². The van der Waals surface area contributed by atoms with Gasteiger partial charge in [0.15, 0.2) is 0 Å². The van der Waals surface area contributed by atoms with Crippen molar-refractivity contribution in [3.8, 4) is 5.75 Å². The van der Waals surface area contributed by atoms with Crippen LogP contribution in [0, 0.1) is 11.8 Å². The van der Waals surface area contributed by atoms with Gasteiger partial charge in [0.1, 0.15) is 5.75 Å². The van der Waals surface area contributed by atoms with Crippen molar-refractivity contribution >= 4 is 11.6 Å². The fraction of sp³-hybridized carbons (Fsp3) is 0.647. The lowest BCUT2D eigenvalue weighted by Gasteiger charge is -2.34. The van der Waals surface area contributed by atoms with Gasteiger partial charge in [-0.15, -0.1) is 0 Å². The van der Waals surface area contributed by atoms with Gasteiger partial charge < -0.3 is 10.5 Å². The van der Waals surface area contributed by atoms with E-state index < -0.39 is 0 Å². The first-order chi connectivity index (χ1) is 9.88. The fourth-order valence-corrected chi connectivity index (χ4v) is 2.92. The van der Waals surface area contributed by atoms with Gasteiger partial charge in [-0.2, -0.15) is 0 Å². The molecule has 0 aliphatic carbocycles. The smallest absolute Gasteiger partial charge is 0.137 e. The summed E-state index contributed by atoms with van der Waals surface area (Å²) < 4.78 is 5.23. The first-order valence-electron chi connectivity index (χ1n) is 7.66. The minimum Gasteiger partial charge on any atom is -0.495 e. The first kappa shape index (κ1) is 18.3. The molecule has 0 fully saturated rings. The van der Waals surface area contributed by atoms with Crippen LogP contribution in [0.4, 0.5) is 0 Å². The Morgan fingerprint density at radius 2 is 1.71 bits per heavy atom. The average molecular weight is 313 g/mol. The van der Waals surface area contributed by atoms with Crippen LogP contribution in [0.2, 0.25) is 5.02 Å². The van der Waals surface area contributed by atoms with Crippen molar-refractivity contribution < 1.29 is 4.74 Å². The van der Waals surface area contributed by atoms with Gasteiger partial charge in [-0.05, 0) is 29.5 Å². The number of benzene rings is 1. The quantitative estimate of drug-likeness (QED) is 0.789. The molecule has 1 unspecified atom stereocenters. The lowest BCUT2D eigenvalue weighted by atomic mass is 10.0. The Labute approximate surface area is 134 Å². The lowest BCUT2D eigenvalue weighted by molar-refractivity contribution is 0.160. The number of halogens is 1. The zero-order valence-corrected chi connectivity index (χ0v) is 14.7. The van der Waals surface area contributed by atoms with Crippen LogP contribution < -0.4 is 10.5 Å². The van der Waals surface area contributed by atoms with Gasteiger partial charge in [0.25, 0.3) is 0 Å². The van der Waals surface area contributed by atoms with Gasteiger partial charge in [0.2, 0.25) is 0 Å². The second kappa shape index (κ2) is 8.62. The molecular weight excluding hydrogens is 284 g/mol. The van der Waals surface area contributed by atoms with Crippen LogP contribution in [-0.2, 0) is 0 Å². The summed E-state index contributed by atoms with van der Waals surface area (Å²) in [6, 6.07) is 6.16. The highest BCUT2D eigenvalue weighted by Crippen LogP contribution is 2.30. The Morgan fingerprint density at radius 3 is 2.10 bits per heavy atom. The molecule has 0 radical (unpaired) electrons. The van der Waals surface area contributed by atoms with Crippen molar-refractivity contribution in [2.75, 3.05) is 26.7 Å². The summed E-state index contributed by atoms with van der Waals surface area (Å²) in [7, 11) is 1.63. The molecule has 0 aliphatic rings. The Bertz CT molecular complexity index is 425. The van der Waals surface area contributed by atoms with E-state index in [2.05, 4.69) is 38.7 Å². The summed E-state index contributed by atoms with van der Waals surface area (Å²) in [6.45, 7) is 11.6. The van der Waals surface area contributed by atoms with E-state index in [9.17, 15) is 0 Å². The van der Waals surface area contributed by atoms with Gasteiger partial charge in [-0.25, -0.2) is 0 Å². The minimum atomic E-state index is 0.193. The predicted molar refractivity (Wildman–Crippen MR) is 91.0 cm³/mol. The first-order valence-corrected chi connectivity index (χ1v) is 8.04. The summed E-state index contributed by atoms with van der Waals surface area (Å²) in [5, 5.41) is 0.641. The van der Waals surface area contributed by atoms with Crippen LogP contribution in [-0.4, -0.2) is 31.6 Å². The molecule has 0 saturated heterocycles. The predicted octanol–water partition coefficient (Wildman–Crippen LogP) is 3.96. The van der Waals surface area contributed by atoms with E-state index in [1.807, 2.05) is 12.1 Å². The molecule has 0 spiro atoms. The maximum absolute atomic E-state index is 6.26. The Balaban J connectivity index is 3.03. The van der Waals surface area contributed by atoms with Gasteiger partial charge in [0, 0.05) is 25.7 Å². The van der Waals surface area contributed by atoms with Crippen LogP contribution >= 0.6 is 11.6 Å². The average Bonchev–Trinajstić information content (AvgIpc) is 2.38. The van der Waals surface area contributed by atoms with Crippen molar-refractivity contribution in [3.05, 3.63) is 28.8 Å². The maximum Gasteiger partial charge on any atom is 0.137 e.